The lowest BCUT2D eigenvalue weighted by atomic mass is 10.1. The molecule has 0 fully saturated rings. The third-order valence-electron chi connectivity index (χ3n) is 1.67. The lowest BCUT2D eigenvalue weighted by Crippen LogP contribution is -1.81. The molecule has 1 aromatic rings. The average Bonchev–Trinajstić information content (AvgIpc) is 2.13. The van der Waals surface area contributed by atoms with Crippen LogP contribution in [0.3, 0.4) is 0 Å². The standard InChI is InChI=1S/C10H10.C2H6/c1-4-10-6-5-8(2)9(3)7-10;1-2/h1,5-7H,2-3H3;1-2H3. The first kappa shape index (κ1) is 10.8. The van der Waals surface area contributed by atoms with E-state index >= 15 is 0 Å². The van der Waals surface area contributed by atoms with Crippen LogP contribution in [0.25, 0.3) is 0 Å². The van der Waals surface area contributed by atoms with E-state index in [4.69, 9.17) is 6.42 Å². The highest BCUT2D eigenvalue weighted by Crippen LogP contribution is 2.07. The monoisotopic (exact) mass is 160 g/mol. The molecular weight excluding hydrogens is 144 g/mol. The molecule has 0 saturated carbocycles. The minimum absolute atomic E-state index is 0.961. The van der Waals surface area contributed by atoms with Crippen molar-refractivity contribution < 1.29 is 0 Å². The Kier molecular flexibility index (Phi) is 4.88. The van der Waals surface area contributed by atoms with E-state index in [9.17, 15) is 0 Å². The number of terminal acetylenes is 1. The van der Waals surface area contributed by atoms with E-state index in [0.717, 1.165) is 5.56 Å². The van der Waals surface area contributed by atoms with Gasteiger partial charge in [0.1, 0.15) is 0 Å². The molecule has 12 heavy (non-hydrogen) atoms. The van der Waals surface area contributed by atoms with Crippen molar-refractivity contribution in [2.75, 3.05) is 0 Å². The molecule has 0 aliphatic rings. The summed E-state index contributed by atoms with van der Waals surface area (Å²) < 4.78 is 0. The zero-order valence-electron chi connectivity index (χ0n) is 8.31. The van der Waals surface area contributed by atoms with Gasteiger partial charge in [-0.05, 0) is 37.1 Å². The third-order valence-corrected chi connectivity index (χ3v) is 1.67. The van der Waals surface area contributed by atoms with E-state index in [0.29, 0.717) is 0 Å². The van der Waals surface area contributed by atoms with Crippen LogP contribution in [0.15, 0.2) is 18.2 Å². The van der Waals surface area contributed by atoms with Gasteiger partial charge in [-0.3, -0.25) is 0 Å². The molecule has 1 rings (SSSR count). The van der Waals surface area contributed by atoms with Crippen molar-refractivity contribution in [2.45, 2.75) is 27.7 Å². The smallest absolute Gasteiger partial charge is 0.0245 e. The van der Waals surface area contributed by atoms with E-state index < -0.39 is 0 Å². The predicted octanol–water partition coefficient (Wildman–Crippen LogP) is 3.31. The summed E-state index contributed by atoms with van der Waals surface area (Å²) in [5, 5.41) is 0. The van der Waals surface area contributed by atoms with Crippen LogP contribution in [0, 0.1) is 26.2 Å². The fourth-order valence-electron chi connectivity index (χ4n) is 0.831. The van der Waals surface area contributed by atoms with Crippen molar-refractivity contribution in [3.63, 3.8) is 0 Å². The fraction of sp³-hybridized carbons (Fsp3) is 0.333. The maximum absolute atomic E-state index is 5.22. The molecule has 0 unspecified atom stereocenters. The van der Waals surface area contributed by atoms with E-state index in [1.807, 2.05) is 32.0 Å². The average molecular weight is 160 g/mol. The van der Waals surface area contributed by atoms with Crippen LogP contribution in [0.1, 0.15) is 30.5 Å². The third kappa shape index (κ3) is 2.80. The van der Waals surface area contributed by atoms with Gasteiger partial charge < -0.3 is 0 Å². The van der Waals surface area contributed by atoms with Gasteiger partial charge in [0.25, 0.3) is 0 Å². The van der Waals surface area contributed by atoms with Gasteiger partial charge in [-0.15, -0.1) is 6.42 Å². The highest BCUT2D eigenvalue weighted by molar-refractivity contribution is 5.38. The SMILES string of the molecule is C#Cc1ccc(C)c(C)c1.CC. The molecule has 0 nitrogen and oxygen atoms in total. The lowest BCUT2D eigenvalue weighted by molar-refractivity contribution is 1.33. The molecule has 0 aliphatic heterocycles. The number of rotatable bonds is 0. The fourth-order valence-corrected chi connectivity index (χ4v) is 0.831. The predicted molar refractivity (Wildman–Crippen MR) is 55.2 cm³/mol. The zero-order chi connectivity index (χ0) is 9.56. The second-order valence-corrected chi connectivity index (χ2v) is 2.44. The largest absolute Gasteiger partial charge is 0.115 e. The van der Waals surface area contributed by atoms with E-state index in [-0.39, 0.29) is 0 Å². The van der Waals surface area contributed by atoms with Crippen LogP contribution in [0.2, 0.25) is 0 Å². The van der Waals surface area contributed by atoms with Crippen LogP contribution >= 0.6 is 0 Å². The number of hydrogen-bond donors (Lipinski definition) is 0. The maximum atomic E-state index is 5.22. The van der Waals surface area contributed by atoms with Crippen LogP contribution in [-0.4, -0.2) is 0 Å². The summed E-state index contributed by atoms with van der Waals surface area (Å²) in [6.45, 7) is 8.14. The Morgan fingerprint density at radius 2 is 1.67 bits per heavy atom. The number of aryl methyl sites for hydroxylation is 2. The Bertz CT molecular complexity index is 277. The van der Waals surface area contributed by atoms with Crippen LogP contribution in [0.5, 0.6) is 0 Å². The number of benzene rings is 1. The molecule has 0 heterocycles. The highest BCUT2D eigenvalue weighted by Gasteiger charge is 1.91. The van der Waals surface area contributed by atoms with Gasteiger partial charge in [0.15, 0.2) is 0 Å². The van der Waals surface area contributed by atoms with Crippen molar-refractivity contribution in [3.8, 4) is 12.3 Å². The Morgan fingerprint density at radius 1 is 1.08 bits per heavy atom. The normalized spacial score (nSPS) is 7.92. The molecule has 0 bridgehead atoms. The summed E-state index contributed by atoms with van der Waals surface area (Å²) in [5.74, 6) is 2.60. The Labute approximate surface area is 75.6 Å². The van der Waals surface area contributed by atoms with E-state index in [1.165, 1.54) is 11.1 Å². The Morgan fingerprint density at radius 3 is 2.08 bits per heavy atom. The second kappa shape index (κ2) is 5.43. The Hall–Kier alpha value is -1.22. The van der Waals surface area contributed by atoms with Crippen molar-refractivity contribution in [2.24, 2.45) is 0 Å². The molecule has 1 aromatic carbocycles. The highest BCUT2D eigenvalue weighted by atomic mass is 14.0. The summed E-state index contributed by atoms with van der Waals surface area (Å²) in [7, 11) is 0. The van der Waals surface area contributed by atoms with E-state index in [1.54, 1.807) is 0 Å². The minimum atomic E-state index is 0.961. The molecule has 0 aromatic heterocycles. The van der Waals surface area contributed by atoms with Gasteiger partial charge in [-0.2, -0.15) is 0 Å². The zero-order valence-corrected chi connectivity index (χ0v) is 8.31. The number of hydrogen-bond acceptors (Lipinski definition) is 0. The van der Waals surface area contributed by atoms with Gasteiger partial charge in [0.2, 0.25) is 0 Å². The first-order valence-corrected chi connectivity index (χ1v) is 4.28. The van der Waals surface area contributed by atoms with Crippen LogP contribution < -0.4 is 0 Å². The van der Waals surface area contributed by atoms with Gasteiger partial charge in [-0.25, -0.2) is 0 Å². The quantitative estimate of drug-likeness (QED) is 0.511. The van der Waals surface area contributed by atoms with Crippen molar-refractivity contribution in [1.82, 2.24) is 0 Å². The summed E-state index contributed by atoms with van der Waals surface area (Å²) in [4.78, 5) is 0. The first-order chi connectivity index (χ1) is 5.74. The van der Waals surface area contributed by atoms with Gasteiger partial charge >= 0.3 is 0 Å². The van der Waals surface area contributed by atoms with Gasteiger partial charge in [0, 0.05) is 5.56 Å². The van der Waals surface area contributed by atoms with Crippen molar-refractivity contribution in [1.29, 1.82) is 0 Å². The molecule has 0 radical (unpaired) electrons. The summed E-state index contributed by atoms with van der Waals surface area (Å²) in [6.07, 6.45) is 5.22. The lowest BCUT2D eigenvalue weighted by Gasteiger charge is -1.97. The van der Waals surface area contributed by atoms with Crippen LogP contribution in [0.4, 0.5) is 0 Å². The molecule has 0 atom stereocenters. The molecule has 0 aliphatic carbocycles. The molecular formula is C12H16. The Balaban J connectivity index is 0.000000561. The summed E-state index contributed by atoms with van der Waals surface area (Å²) >= 11 is 0. The first-order valence-electron chi connectivity index (χ1n) is 4.28. The van der Waals surface area contributed by atoms with Crippen LogP contribution in [-0.2, 0) is 0 Å². The molecule has 0 amide bonds. The minimum Gasteiger partial charge on any atom is -0.115 e. The topological polar surface area (TPSA) is 0 Å². The van der Waals surface area contributed by atoms with Gasteiger partial charge in [-0.1, -0.05) is 25.8 Å². The molecule has 0 N–H and O–H groups in total. The van der Waals surface area contributed by atoms with Gasteiger partial charge in [0.05, 0.1) is 0 Å². The maximum Gasteiger partial charge on any atom is 0.0245 e. The molecule has 64 valence electrons. The summed E-state index contributed by atoms with van der Waals surface area (Å²) in [5.41, 5.74) is 3.51. The second-order valence-electron chi connectivity index (χ2n) is 2.44. The van der Waals surface area contributed by atoms with Crippen molar-refractivity contribution in [3.05, 3.63) is 34.9 Å². The molecule has 0 heteroatoms. The van der Waals surface area contributed by atoms with E-state index in [2.05, 4.69) is 19.8 Å². The molecule has 0 spiro atoms. The summed E-state index contributed by atoms with van der Waals surface area (Å²) in [6, 6.07) is 6.03. The van der Waals surface area contributed by atoms with Crippen molar-refractivity contribution >= 4 is 0 Å². The molecule has 0 saturated heterocycles.